The highest BCUT2D eigenvalue weighted by molar-refractivity contribution is 7.64. The van der Waals surface area contributed by atoms with Gasteiger partial charge in [0, 0.05) is 0 Å². The molecule has 0 fully saturated rings. The first-order valence-electron chi connectivity index (χ1n) is 7.82. The van der Waals surface area contributed by atoms with Crippen LogP contribution in [0.4, 0.5) is 0 Å². The zero-order valence-electron chi connectivity index (χ0n) is 13.3. The summed E-state index contributed by atoms with van der Waals surface area (Å²) in [6, 6.07) is 31.5. The Labute approximate surface area is 140 Å². The molecule has 0 N–H and O–H groups in total. The molecule has 0 aromatic heterocycles. The molecule has 1 unspecified atom stereocenters. The fraction of sp³-hybridized carbons (Fsp3) is 0.100. The van der Waals surface area contributed by atoms with Gasteiger partial charge in [-0.3, -0.25) is 0 Å². The molecule has 0 saturated carbocycles. The van der Waals surface area contributed by atoms with Gasteiger partial charge in [0.1, 0.15) is 0 Å². The molecule has 0 aliphatic carbocycles. The van der Waals surface area contributed by atoms with Gasteiger partial charge in [-0.15, -0.1) is 0 Å². The van der Waals surface area contributed by atoms with Crippen LogP contribution in [0.1, 0.15) is 0 Å². The van der Waals surface area contributed by atoms with Crippen LogP contribution in [0.15, 0.2) is 91.0 Å². The average molecular weight is 318 g/mol. The van der Waals surface area contributed by atoms with Crippen LogP contribution in [0.25, 0.3) is 0 Å². The Morgan fingerprint density at radius 1 is 0.696 bits per heavy atom. The van der Waals surface area contributed by atoms with Gasteiger partial charge < -0.3 is 4.65 Å². The summed E-state index contributed by atoms with van der Waals surface area (Å²) >= 11 is 0. The average Bonchev–Trinajstić information content (AvgIpc) is 2.64. The van der Waals surface area contributed by atoms with Gasteiger partial charge in [-0.2, -0.15) is 0 Å². The first kappa shape index (κ1) is 16.0. The first-order chi connectivity index (χ1) is 11.3. The smallest absolute Gasteiger partial charge is 0.361 e. The van der Waals surface area contributed by atoms with E-state index in [0.29, 0.717) is 0 Å². The fourth-order valence-electron chi connectivity index (χ4n) is 2.58. The van der Waals surface area contributed by atoms with E-state index in [1.807, 2.05) is 12.1 Å². The van der Waals surface area contributed by atoms with E-state index < -0.39 is 0 Å². The highest BCUT2D eigenvalue weighted by Gasteiger charge is 2.21. The molecule has 0 bridgehead atoms. The molecule has 23 heavy (non-hydrogen) atoms. The van der Waals surface area contributed by atoms with Crippen LogP contribution in [0.5, 0.6) is 0 Å². The van der Waals surface area contributed by atoms with Crippen molar-refractivity contribution in [2.45, 2.75) is 0 Å². The molecule has 3 rings (SSSR count). The lowest BCUT2D eigenvalue weighted by atomic mass is 9.55. The maximum Gasteiger partial charge on any atom is 0.361 e. The van der Waals surface area contributed by atoms with Crippen molar-refractivity contribution in [1.82, 2.24) is 0 Å². The molecule has 1 nitrogen and oxygen atoms in total. The third-order valence-electron chi connectivity index (χ3n) is 3.84. The maximum atomic E-state index is 6.36. The highest BCUT2D eigenvalue weighted by atomic mass is 31.1. The van der Waals surface area contributed by atoms with E-state index in [-0.39, 0.29) is 14.8 Å². The predicted molar refractivity (Wildman–Crippen MR) is 103 cm³/mol. The predicted octanol–water partition coefficient (Wildman–Crippen LogP) is 3.20. The zero-order chi connectivity index (χ0) is 15.9. The molecule has 0 aliphatic heterocycles. The molecule has 0 aliphatic rings. The van der Waals surface area contributed by atoms with Gasteiger partial charge in [0.05, 0.1) is 6.35 Å². The lowest BCUT2D eigenvalue weighted by Gasteiger charge is -2.19. The van der Waals surface area contributed by atoms with Crippen LogP contribution < -0.4 is 16.2 Å². The Morgan fingerprint density at radius 3 is 1.61 bits per heavy atom. The molecular formula is C20H20BOP. The molecule has 0 spiro atoms. The SMILES string of the molecule is CP(COB(c1ccccc1)c1ccccc1)c1ccccc1. The second kappa shape index (κ2) is 8.10. The van der Waals surface area contributed by atoms with E-state index in [0.717, 1.165) is 6.35 Å². The largest absolute Gasteiger partial charge is 0.423 e. The molecule has 3 heteroatoms. The molecule has 114 valence electrons. The van der Waals surface area contributed by atoms with Crippen LogP contribution in [0.3, 0.4) is 0 Å². The van der Waals surface area contributed by atoms with Gasteiger partial charge in [-0.1, -0.05) is 98.9 Å². The zero-order valence-corrected chi connectivity index (χ0v) is 14.2. The minimum absolute atomic E-state index is 0.00828. The summed E-state index contributed by atoms with van der Waals surface area (Å²) in [6.45, 7) is 2.27. The summed E-state index contributed by atoms with van der Waals surface area (Å²) in [4.78, 5) is 0. The van der Waals surface area contributed by atoms with Crippen molar-refractivity contribution >= 4 is 31.1 Å². The Hall–Kier alpha value is -1.89. The van der Waals surface area contributed by atoms with Crippen molar-refractivity contribution in [3.05, 3.63) is 91.0 Å². The Morgan fingerprint density at radius 2 is 1.13 bits per heavy atom. The first-order valence-corrected chi connectivity index (χ1v) is 9.79. The number of hydrogen-bond donors (Lipinski definition) is 0. The Bertz CT molecular complexity index is 664. The number of benzene rings is 3. The monoisotopic (exact) mass is 318 g/mol. The van der Waals surface area contributed by atoms with E-state index in [2.05, 4.69) is 85.5 Å². The van der Waals surface area contributed by atoms with Crippen molar-refractivity contribution in [2.24, 2.45) is 0 Å². The van der Waals surface area contributed by atoms with Crippen LogP contribution >= 0.6 is 7.92 Å². The molecule has 3 aromatic carbocycles. The highest BCUT2D eigenvalue weighted by Crippen LogP contribution is 2.29. The molecule has 0 saturated heterocycles. The molecule has 0 radical (unpaired) electrons. The lowest BCUT2D eigenvalue weighted by molar-refractivity contribution is 0.412. The van der Waals surface area contributed by atoms with E-state index in [9.17, 15) is 0 Å². The van der Waals surface area contributed by atoms with E-state index >= 15 is 0 Å². The minimum atomic E-state index is -0.311. The third-order valence-corrected chi connectivity index (χ3v) is 5.55. The topological polar surface area (TPSA) is 9.23 Å². The number of hydrogen-bond acceptors (Lipinski definition) is 1. The van der Waals surface area contributed by atoms with Gasteiger partial charge in [0.2, 0.25) is 0 Å². The Kier molecular flexibility index (Phi) is 5.63. The summed E-state index contributed by atoms with van der Waals surface area (Å²) in [7, 11) is -0.311. The third kappa shape index (κ3) is 4.31. The lowest BCUT2D eigenvalue weighted by Crippen LogP contribution is -2.45. The minimum Gasteiger partial charge on any atom is -0.423 e. The second-order valence-corrected chi connectivity index (χ2v) is 7.70. The van der Waals surface area contributed by atoms with Gasteiger partial charge >= 0.3 is 6.92 Å². The van der Waals surface area contributed by atoms with E-state index in [4.69, 9.17) is 4.65 Å². The van der Waals surface area contributed by atoms with E-state index in [1.54, 1.807) is 0 Å². The Balaban J connectivity index is 1.77. The summed E-state index contributed by atoms with van der Waals surface area (Å²) in [5.74, 6) is 0. The van der Waals surface area contributed by atoms with Crippen molar-refractivity contribution in [1.29, 1.82) is 0 Å². The summed E-state index contributed by atoms with van der Waals surface area (Å²) < 4.78 is 6.36. The van der Waals surface area contributed by atoms with Crippen LogP contribution in [0.2, 0.25) is 0 Å². The second-order valence-electron chi connectivity index (χ2n) is 5.53. The van der Waals surface area contributed by atoms with E-state index in [1.165, 1.54) is 16.2 Å². The maximum absolute atomic E-state index is 6.36. The molecule has 3 aromatic rings. The van der Waals surface area contributed by atoms with Crippen molar-refractivity contribution in [2.75, 3.05) is 13.0 Å². The number of rotatable bonds is 6. The quantitative estimate of drug-likeness (QED) is 0.501. The molecule has 1 atom stereocenters. The van der Waals surface area contributed by atoms with Crippen LogP contribution in [0, 0.1) is 0 Å². The molecule has 0 heterocycles. The van der Waals surface area contributed by atoms with Gasteiger partial charge in [-0.25, -0.2) is 0 Å². The summed E-state index contributed by atoms with van der Waals surface area (Å²) in [5.41, 5.74) is 2.41. The summed E-state index contributed by atoms with van der Waals surface area (Å²) in [5, 5.41) is 1.38. The standard InChI is InChI=1S/C20H20BOP/c1-23(20-15-9-4-10-16-20)17-22-21(18-11-5-2-6-12-18)19-13-7-3-8-14-19/h2-16H,17H2,1H3. The van der Waals surface area contributed by atoms with Crippen LogP contribution in [-0.4, -0.2) is 19.9 Å². The summed E-state index contributed by atoms with van der Waals surface area (Å²) in [6.07, 6.45) is 0.758. The van der Waals surface area contributed by atoms with Gasteiger partial charge in [-0.05, 0) is 22.9 Å². The normalized spacial score (nSPS) is 11.9. The van der Waals surface area contributed by atoms with Crippen LogP contribution in [-0.2, 0) is 4.65 Å². The fourth-order valence-corrected chi connectivity index (χ4v) is 3.79. The molecule has 0 amide bonds. The van der Waals surface area contributed by atoms with Crippen molar-refractivity contribution < 1.29 is 4.65 Å². The van der Waals surface area contributed by atoms with Crippen molar-refractivity contribution in [3.63, 3.8) is 0 Å². The van der Waals surface area contributed by atoms with Crippen molar-refractivity contribution in [3.8, 4) is 0 Å². The van der Waals surface area contributed by atoms with Gasteiger partial charge in [0.25, 0.3) is 0 Å². The van der Waals surface area contributed by atoms with Gasteiger partial charge in [0.15, 0.2) is 0 Å². The molecular weight excluding hydrogens is 298 g/mol.